The molecule has 3 nitrogen and oxygen atoms in total. The first-order chi connectivity index (χ1) is 7.56. The summed E-state index contributed by atoms with van der Waals surface area (Å²) in [5, 5.41) is 0. The minimum atomic E-state index is -1.07. The molecule has 16 heavy (non-hydrogen) atoms. The minimum Gasteiger partial charge on any atom is -0.486 e. The lowest BCUT2D eigenvalue weighted by Gasteiger charge is -2.14. The molecule has 0 aliphatic carbocycles. The first-order valence-electron chi connectivity index (χ1n) is 5.04. The van der Waals surface area contributed by atoms with Crippen LogP contribution in [0.2, 0.25) is 0 Å². The van der Waals surface area contributed by atoms with E-state index < -0.39 is 11.6 Å². The van der Waals surface area contributed by atoms with Gasteiger partial charge in [0.05, 0.1) is 11.8 Å². The summed E-state index contributed by atoms with van der Waals surface area (Å²) in [5.41, 5.74) is 5.55. The van der Waals surface area contributed by atoms with Crippen LogP contribution in [0.4, 0.5) is 14.5 Å². The second-order valence-electron chi connectivity index (χ2n) is 3.36. The monoisotopic (exact) mass is 231 g/mol. The van der Waals surface area contributed by atoms with E-state index in [4.69, 9.17) is 15.2 Å². The van der Waals surface area contributed by atoms with Gasteiger partial charge in [-0.05, 0) is 26.0 Å². The van der Waals surface area contributed by atoms with E-state index in [1.165, 1.54) is 6.07 Å². The molecular weight excluding hydrogens is 216 g/mol. The molecule has 1 aromatic carbocycles. The van der Waals surface area contributed by atoms with E-state index in [0.717, 1.165) is 6.07 Å². The fourth-order valence-electron chi connectivity index (χ4n) is 1.23. The van der Waals surface area contributed by atoms with E-state index in [1.807, 2.05) is 6.92 Å². The zero-order valence-electron chi connectivity index (χ0n) is 9.30. The first-order valence-corrected chi connectivity index (χ1v) is 5.04. The predicted octanol–water partition coefficient (Wildman–Crippen LogP) is 2.35. The van der Waals surface area contributed by atoms with Crippen molar-refractivity contribution in [2.45, 2.75) is 20.0 Å². The molecule has 0 saturated heterocycles. The molecule has 0 bridgehead atoms. The van der Waals surface area contributed by atoms with Gasteiger partial charge in [0.1, 0.15) is 6.61 Å². The molecule has 1 aromatic rings. The normalized spacial score (nSPS) is 12.5. The maximum atomic E-state index is 13.3. The Morgan fingerprint density at radius 3 is 2.69 bits per heavy atom. The van der Waals surface area contributed by atoms with Gasteiger partial charge in [0, 0.05) is 6.61 Å². The summed E-state index contributed by atoms with van der Waals surface area (Å²) < 4.78 is 36.5. The van der Waals surface area contributed by atoms with E-state index in [2.05, 4.69) is 0 Å². The Bertz CT molecular complexity index is 358. The third-order valence-electron chi connectivity index (χ3n) is 1.99. The van der Waals surface area contributed by atoms with Gasteiger partial charge in [0.2, 0.25) is 5.82 Å². The molecule has 0 fully saturated rings. The molecule has 0 aliphatic rings. The smallest absolute Gasteiger partial charge is 0.202 e. The maximum absolute atomic E-state index is 13.3. The summed E-state index contributed by atoms with van der Waals surface area (Å²) in [5.74, 6) is -2.30. The predicted molar refractivity (Wildman–Crippen MR) is 57.4 cm³/mol. The molecule has 0 radical (unpaired) electrons. The highest BCUT2D eigenvalue weighted by Gasteiger charge is 2.14. The van der Waals surface area contributed by atoms with Gasteiger partial charge >= 0.3 is 0 Å². The molecule has 0 spiro atoms. The van der Waals surface area contributed by atoms with Gasteiger partial charge in [-0.15, -0.1) is 0 Å². The highest BCUT2D eigenvalue weighted by Crippen LogP contribution is 2.27. The molecule has 1 unspecified atom stereocenters. The van der Waals surface area contributed by atoms with Crippen LogP contribution in [-0.4, -0.2) is 19.3 Å². The van der Waals surface area contributed by atoms with Crippen molar-refractivity contribution < 1.29 is 18.3 Å². The zero-order chi connectivity index (χ0) is 12.1. The number of ether oxygens (including phenoxy) is 2. The molecule has 2 N–H and O–H groups in total. The van der Waals surface area contributed by atoms with Crippen LogP contribution < -0.4 is 10.5 Å². The van der Waals surface area contributed by atoms with Gasteiger partial charge < -0.3 is 15.2 Å². The quantitative estimate of drug-likeness (QED) is 0.791. The van der Waals surface area contributed by atoms with E-state index in [9.17, 15) is 8.78 Å². The highest BCUT2D eigenvalue weighted by molar-refractivity contribution is 5.53. The molecule has 5 heteroatoms. The van der Waals surface area contributed by atoms with Crippen molar-refractivity contribution >= 4 is 5.69 Å². The van der Waals surface area contributed by atoms with Gasteiger partial charge in [-0.1, -0.05) is 0 Å². The summed E-state index contributed by atoms with van der Waals surface area (Å²) in [6.07, 6.45) is -0.202. The SMILES string of the molecule is CCOC(C)COc1c(N)ccc(F)c1F. The van der Waals surface area contributed by atoms with Crippen molar-refractivity contribution in [1.29, 1.82) is 0 Å². The van der Waals surface area contributed by atoms with Crippen molar-refractivity contribution in [2.24, 2.45) is 0 Å². The fourth-order valence-corrected chi connectivity index (χ4v) is 1.23. The van der Waals surface area contributed by atoms with Crippen molar-refractivity contribution in [3.63, 3.8) is 0 Å². The number of nitrogens with two attached hydrogens (primary N) is 1. The summed E-state index contributed by atoms with van der Waals surface area (Å²) in [6.45, 7) is 4.27. The molecule has 0 aromatic heterocycles. The number of rotatable bonds is 5. The second kappa shape index (κ2) is 5.65. The Morgan fingerprint density at radius 1 is 1.38 bits per heavy atom. The largest absolute Gasteiger partial charge is 0.486 e. The van der Waals surface area contributed by atoms with Crippen LogP contribution in [0.25, 0.3) is 0 Å². The number of halogens is 2. The Kier molecular flexibility index (Phi) is 4.49. The Balaban J connectivity index is 2.70. The van der Waals surface area contributed by atoms with E-state index >= 15 is 0 Å². The number of nitrogen functional groups attached to an aromatic ring is 1. The second-order valence-corrected chi connectivity index (χ2v) is 3.36. The third kappa shape index (κ3) is 3.06. The average molecular weight is 231 g/mol. The first kappa shape index (κ1) is 12.7. The molecule has 0 amide bonds. The molecule has 1 atom stereocenters. The van der Waals surface area contributed by atoms with Gasteiger partial charge in [-0.2, -0.15) is 4.39 Å². The number of anilines is 1. The lowest BCUT2D eigenvalue weighted by Crippen LogP contribution is -2.19. The highest BCUT2D eigenvalue weighted by atomic mass is 19.2. The number of hydrogen-bond donors (Lipinski definition) is 1. The molecule has 90 valence electrons. The molecule has 0 heterocycles. The van der Waals surface area contributed by atoms with Gasteiger partial charge in [0.15, 0.2) is 11.6 Å². The number of benzene rings is 1. The minimum absolute atomic E-state index is 0.0719. The van der Waals surface area contributed by atoms with Gasteiger partial charge in [-0.3, -0.25) is 0 Å². The third-order valence-corrected chi connectivity index (χ3v) is 1.99. The van der Waals surface area contributed by atoms with E-state index in [0.29, 0.717) is 6.61 Å². The lowest BCUT2D eigenvalue weighted by molar-refractivity contribution is 0.0392. The van der Waals surface area contributed by atoms with Crippen LogP contribution in [0.5, 0.6) is 5.75 Å². The Labute approximate surface area is 93.2 Å². The van der Waals surface area contributed by atoms with Crippen LogP contribution in [0.1, 0.15) is 13.8 Å². The summed E-state index contributed by atoms with van der Waals surface area (Å²) in [6, 6.07) is 2.22. The van der Waals surface area contributed by atoms with Crippen molar-refractivity contribution in [2.75, 3.05) is 18.9 Å². The zero-order valence-corrected chi connectivity index (χ0v) is 9.30. The number of hydrogen-bond acceptors (Lipinski definition) is 3. The summed E-state index contributed by atoms with van der Waals surface area (Å²) in [4.78, 5) is 0. The van der Waals surface area contributed by atoms with Gasteiger partial charge in [-0.25, -0.2) is 4.39 Å². The van der Waals surface area contributed by atoms with Crippen molar-refractivity contribution in [3.05, 3.63) is 23.8 Å². The van der Waals surface area contributed by atoms with Crippen molar-refractivity contribution in [3.8, 4) is 5.75 Å². The van der Waals surface area contributed by atoms with Gasteiger partial charge in [0.25, 0.3) is 0 Å². The van der Waals surface area contributed by atoms with Crippen LogP contribution in [0, 0.1) is 11.6 Å². The standard InChI is InChI=1S/C11H15F2NO2/c1-3-15-7(2)6-16-11-9(14)5-4-8(12)10(11)13/h4-5,7H,3,6,14H2,1-2H3. The van der Waals surface area contributed by atoms with E-state index in [-0.39, 0.29) is 24.1 Å². The maximum Gasteiger partial charge on any atom is 0.202 e. The topological polar surface area (TPSA) is 44.5 Å². The summed E-state index contributed by atoms with van der Waals surface area (Å²) in [7, 11) is 0. The van der Waals surface area contributed by atoms with Crippen LogP contribution in [0.15, 0.2) is 12.1 Å². The van der Waals surface area contributed by atoms with Crippen molar-refractivity contribution in [1.82, 2.24) is 0 Å². The Morgan fingerprint density at radius 2 is 2.06 bits per heavy atom. The molecular formula is C11H15F2NO2. The molecule has 0 aliphatic heterocycles. The van der Waals surface area contributed by atoms with Crippen LogP contribution in [0.3, 0.4) is 0 Å². The fraction of sp³-hybridized carbons (Fsp3) is 0.455. The summed E-state index contributed by atoms with van der Waals surface area (Å²) >= 11 is 0. The van der Waals surface area contributed by atoms with E-state index in [1.54, 1.807) is 6.92 Å². The van der Waals surface area contributed by atoms with Crippen LogP contribution in [-0.2, 0) is 4.74 Å². The Hall–Kier alpha value is -1.36. The molecule has 1 rings (SSSR count). The molecule has 0 saturated carbocycles. The average Bonchev–Trinajstić information content (AvgIpc) is 2.24. The lowest BCUT2D eigenvalue weighted by atomic mass is 10.2. The van der Waals surface area contributed by atoms with Crippen LogP contribution >= 0.6 is 0 Å².